The van der Waals surface area contributed by atoms with Crippen molar-refractivity contribution in [1.82, 2.24) is 29.2 Å². The Balaban J connectivity index is 1.05. The zero-order valence-corrected chi connectivity index (χ0v) is 70.5. The van der Waals surface area contributed by atoms with Crippen LogP contribution in [0.3, 0.4) is 0 Å². The van der Waals surface area contributed by atoms with E-state index < -0.39 is 31.6 Å². The van der Waals surface area contributed by atoms with Gasteiger partial charge in [0.15, 0.2) is 4.90 Å². The lowest BCUT2D eigenvalue weighted by atomic mass is 9.95. The molecule has 18 nitrogen and oxygen atoms in total. The van der Waals surface area contributed by atoms with Gasteiger partial charge < -0.3 is 33.5 Å². The molecular weight excluding hydrogens is 1520 g/mol. The number of ether oxygens (including phenoxy) is 6. The minimum Gasteiger partial charge on any atom is -0.497 e. The van der Waals surface area contributed by atoms with E-state index in [0.717, 1.165) is 84.2 Å². The number of nitro benzene ring substituents is 1. The van der Waals surface area contributed by atoms with Gasteiger partial charge in [0.25, 0.3) is 5.69 Å². The van der Waals surface area contributed by atoms with Crippen molar-refractivity contribution in [3.8, 4) is 34.5 Å². The number of sulfonamides is 1. The third-order valence-corrected chi connectivity index (χ3v) is 24.2. The fourth-order valence-electron chi connectivity index (χ4n) is 16.2. The number of nitrogens with one attached hydrogen (secondary N) is 1. The Morgan fingerprint density at radius 3 is 0.750 bits per heavy atom. The average molecular weight is 1630 g/mol. The van der Waals surface area contributed by atoms with Crippen LogP contribution < -0.4 is 33.1 Å². The maximum atomic E-state index is 15.3. The number of aliphatic hydroxyl groups excluding tert-OH is 1. The summed E-state index contributed by atoms with van der Waals surface area (Å²) in [4.78, 5) is 24.8. The SMILES string of the molecule is COc1ccc(C[C@@H](CN(Cc2ccccc2)[C@@H](Cc2ccc(OC)cc2)CN(Cc2ccccc2)[C@@H](Cc2ccc(OC)cc2)CN(Cc2ccccc2)[C@@H](Cc2ccc(OC)cc2)CN(Cc2ccccc2)[C@@H](Cc2ccc(OC)cc2)CN(Cc2ccccc2)[C@H](CO)Cc2ccc(OC)cc2)NS(=O)(=O)c2ccccc2[N+](=O)[O-])cc1. The summed E-state index contributed by atoms with van der Waals surface area (Å²) in [5.41, 5.74) is 11.4. The van der Waals surface area contributed by atoms with E-state index in [-0.39, 0.29) is 49.8 Å². The number of benzene rings is 12. The van der Waals surface area contributed by atoms with Gasteiger partial charge in [-0.1, -0.05) is 237 Å². The highest BCUT2D eigenvalue weighted by molar-refractivity contribution is 7.89. The van der Waals surface area contributed by atoms with Crippen molar-refractivity contribution in [3.63, 3.8) is 0 Å². The Kier molecular flexibility index (Phi) is 33.0. The van der Waals surface area contributed by atoms with Crippen LogP contribution in [0.4, 0.5) is 5.69 Å². The largest absolute Gasteiger partial charge is 0.497 e. The van der Waals surface area contributed by atoms with Crippen molar-refractivity contribution in [2.75, 3.05) is 82.0 Å². The van der Waals surface area contributed by atoms with Gasteiger partial charge in [-0.3, -0.25) is 34.6 Å². The van der Waals surface area contributed by atoms with Crippen LogP contribution in [0.1, 0.15) is 61.2 Å². The summed E-state index contributed by atoms with van der Waals surface area (Å²) in [6, 6.07) is 106. The van der Waals surface area contributed by atoms with E-state index in [1.807, 2.05) is 78.9 Å². The summed E-state index contributed by atoms with van der Waals surface area (Å²) in [5.74, 6) is 4.41. The number of para-hydroxylation sites is 1. The molecule has 0 fully saturated rings. The normalized spacial score (nSPS) is 13.2. The maximum absolute atomic E-state index is 15.3. The Labute approximate surface area is 709 Å². The van der Waals surface area contributed by atoms with E-state index >= 15 is 8.42 Å². The van der Waals surface area contributed by atoms with Crippen LogP contribution in [0, 0.1) is 10.1 Å². The first kappa shape index (κ1) is 87.8. The first-order valence-corrected chi connectivity index (χ1v) is 42.6. The zero-order chi connectivity index (χ0) is 83.8. The van der Waals surface area contributed by atoms with Crippen LogP contribution >= 0.6 is 0 Å². The average Bonchev–Trinajstić information content (AvgIpc) is 0.798. The molecule has 624 valence electrons. The number of hydrogen-bond donors (Lipinski definition) is 2. The number of rotatable bonds is 48. The fraction of sp³-hybridized carbons (Fsp3) is 0.287. The van der Waals surface area contributed by atoms with Gasteiger partial charge in [0.05, 0.1) is 54.2 Å². The van der Waals surface area contributed by atoms with Crippen molar-refractivity contribution >= 4 is 15.7 Å². The second-order valence-electron chi connectivity index (χ2n) is 30.9. The Hall–Kier alpha value is -11.5. The molecule has 0 spiro atoms. The topological polar surface area (TPSA) is 181 Å². The Morgan fingerprint density at radius 1 is 0.292 bits per heavy atom. The standard InChI is InChI=1S/C101H113N7O11S/c1-114-94-48-36-77(37-49-94)60-88(102-120(112,113)101-35-23-22-34-100(101)108(110)111)71-103(66-83-24-12-7-13-25-83)89(61-78-38-50-95(115-2)51-39-78)72-104(67-84-26-14-8-15-27-84)90(62-79-40-52-96(116-3)53-41-79)73-105(68-85-28-16-9-17-29-85)91(63-80-42-54-97(117-4)55-43-80)74-106(69-86-30-18-10-19-31-86)92(64-81-44-56-98(118-5)57-45-81)75-107(70-87-32-20-11-21-33-87)93(76-109)65-82-46-58-99(119-6)59-47-82/h7-59,88-93,102,109H,60-76H2,1-6H3/t88-,89-,90-,91-,92-,93-/m0/s1. The highest BCUT2D eigenvalue weighted by Gasteiger charge is 2.37. The highest BCUT2D eigenvalue weighted by Crippen LogP contribution is 2.32. The molecule has 0 aromatic heterocycles. The number of hydrogen-bond acceptors (Lipinski definition) is 16. The quantitative estimate of drug-likeness (QED) is 0.0271. The molecule has 19 heteroatoms. The molecule has 0 unspecified atom stereocenters. The van der Waals surface area contributed by atoms with Gasteiger partial charge in [-0.2, -0.15) is 0 Å². The molecule has 12 aromatic rings. The van der Waals surface area contributed by atoms with E-state index in [9.17, 15) is 15.2 Å². The first-order valence-electron chi connectivity index (χ1n) is 41.2. The molecular formula is C101H113N7O11S. The first-order chi connectivity index (χ1) is 58.6. The van der Waals surface area contributed by atoms with Crippen LogP contribution in [-0.2, 0) is 81.3 Å². The number of nitrogens with zero attached hydrogens (tertiary/aromatic N) is 6. The molecule has 0 heterocycles. The van der Waals surface area contributed by atoms with Gasteiger partial charge in [-0.15, -0.1) is 0 Å². The molecule has 6 atom stereocenters. The summed E-state index contributed by atoms with van der Waals surface area (Å²) < 4.78 is 68.3. The molecule has 0 bridgehead atoms. The minimum absolute atomic E-state index is 0.0815. The third kappa shape index (κ3) is 26.3. The van der Waals surface area contributed by atoms with Crippen LogP contribution in [0.5, 0.6) is 34.5 Å². The molecule has 0 amide bonds. The summed E-state index contributed by atoms with van der Waals surface area (Å²) in [5, 5.41) is 24.7. The Morgan fingerprint density at radius 2 is 0.508 bits per heavy atom. The second-order valence-corrected chi connectivity index (χ2v) is 32.6. The molecule has 0 saturated carbocycles. The van der Waals surface area contributed by atoms with Crippen LogP contribution in [-0.4, -0.2) is 161 Å². The second kappa shape index (κ2) is 45.1. The number of methoxy groups -OCH3 is 6. The molecule has 0 aliphatic rings. The van der Waals surface area contributed by atoms with E-state index in [4.69, 9.17) is 28.4 Å². The fourth-order valence-corrected chi connectivity index (χ4v) is 17.6. The van der Waals surface area contributed by atoms with E-state index in [1.165, 1.54) is 24.3 Å². The van der Waals surface area contributed by atoms with Gasteiger partial charge in [-0.05, 0) is 179 Å². The summed E-state index contributed by atoms with van der Waals surface area (Å²) >= 11 is 0. The molecule has 12 aromatic carbocycles. The lowest BCUT2D eigenvalue weighted by Gasteiger charge is -2.45. The predicted octanol–water partition coefficient (Wildman–Crippen LogP) is 17.1. The van der Waals surface area contributed by atoms with Gasteiger partial charge in [0.2, 0.25) is 10.0 Å². The van der Waals surface area contributed by atoms with Crippen molar-refractivity contribution in [2.45, 2.75) is 112 Å². The Bertz CT molecular complexity index is 5110. The molecule has 120 heavy (non-hydrogen) atoms. The third-order valence-electron chi connectivity index (χ3n) is 22.6. The predicted molar refractivity (Wildman–Crippen MR) is 478 cm³/mol. The van der Waals surface area contributed by atoms with Crippen LogP contribution in [0.2, 0.25) is 0 Å². The summed E-state index contributed by atoms with van der Waals surface area (Å²) in [7, 11) is 5.50. The van der Waals surface area contributed by atoms with Gasteiger partial charge in [0.1, 0.15) is 34.5 Å². The van der Waals surface area contributed by atoms with Crippen molar-refractivity contribution in [1.29, 1.82) is 0 Å². The van der Waals surface area contributed by atoms with Crippen molar-refractivity contribution in [2.24, 2.45) is 0 Å². The van der Waals surface area contributed by atoms with Gasteiger partial charge >= 0.3 is 0 Å². The van der Waals surface area contributed by atoms with E-state index in [1.54, 1.807) is 42.7 Å². The van der Waals surface area contributed by atoms with E-state index in [2.05, 4.69) is 248 Å². The molecule has 0 radical (unpaired) electrons. The minimum atomic E-state index is -4.57. The van der Waals surface area contributed by atoms with Crippen LogP contribution in [0.15, 0.2) is 326 Å². The van der Waals surface area contributed by atoms with Crippen LogP contribution in [0.25, 0.3) is 0 Å². The molecule has 2 N–H and O–H groups in total. The summed E-state index contributed by atoms with van der Waals surface area (Å²) in [6.07, 6.45) is 3.22. The van der Waals surface area contributed by atoms with Crippen molar-refractivity contribution < 1.29 is 46.9 Å². The molecule has 0 saturated heterocycles. The molecule has 12 rings (SSSR count). The lowest BCUT2D eigenvalue weighted by molar-refractivity contribution is -0.387. The monoisotopic (exact) mass is 1630 g/mol. The highest BCUT2D eigenvalue weighted by atomic mass is 32.2. The number of aliphatic hydroxyl groups is 1. The zero-order valence-electron chi connectivity index (χ0n) is 69.7. The molecule has 0 aliphatic heterocycles. The van der Waals surface area contributed by atoms with Gasteiger partial charge in [0, 0.05) is 108 Å². The molecule has 0 aliphatic carbocycles. The smallest absolute Gasteiger partial charge is 0.289 e. The number of nitro groups is 1. The van der Waals surface area contributed by atoms with E-state index in [0.29, 0.717) is 103 Å². The lowest BCUT2D eigenvalue weighted by Crippen LogP contribution is -2.57. The van der Waals surface area contributed by atoms with Crippen molar-refractivity contribution in [3.05, 3.63) is 393 Å². The van der Waals surface area contributed by atoms with Gasteiger partial charge in [-0.25, -0.2) is 13.1 Å². The summed E-state index contributed by atoms with van der Waals surface area (Å²) in [6.45, 7) is 4.95. The maximum Gasteiger partial charge on any atom is 0.289 e.